The van der Waals surface area contributed by atoms with Crippen LogP contribution in [-0.2, 0) is 11.3 Å². The normalized spacial score (nSPS) is 14.0. The van der Waals surface area contributed by atoms with Crippen molar-refractivity contribution in [3.8, 4) is 0 Å². The van der Waals surface area contributed by atoms with Crippen LogP contribution in [0.4, 0.5) is 13.2 Å². The smallest absolute Gasteiger partial charge is 0.413 e. The van der Waals surface area contributed by atoms with Crippen LogP contribution in [0, 0.1) is 0 Å². The molecule has 1 N–H and O–H groups in total. The minimum Gasteiger partial charge on any atom is -0.469 e. The third-order valence-electron chi connectivity index (χ3n) is 1.92. The fourth-order valence-electron chi connectivity index (χ4n) is 1.14. The van der Waals surface area contributed by atoms with E-state index in [-0.39, 0.29) is 6.04 Å². The second kappa shape index (κ2) is 5.91. The lowest BCUT2D eigenvalue weighted by molar-refractivity contribution is -0.192. The Morgan fingerprint density at radius 2 is 2.25 bits per heavy atom. The Hall–Kier alpha value is -1.01. The van der Waals surface area contributed by atoms with Gasteiger partial charge in [-0.05, 0) is 25.5 Å². The van der Waals surface area contributed by atoms with E-state index in [0.717, 1.165) is 5.76 Å². The molecule has 92 valence electrons. The van der Waals surface area contributed by atoms with Crippen molar-refractivity contribution in [2.45, 2.75) is 32.0 Å². The van der Waals surface area contributed by atoms with Gasteiger partial charge in [-0.3, -0.25) is 4.84 Å². The third kappa shape index (κ3) is 5.77. The third-order valence-corrected chi connectivity index (χ3v) is 1.92. The van der Waals surface area contributed by atoms with Crippen LogP contribution in [0.25, 0.3) is 0 Å². The van der Waals surface area contributed by atoms with Crippen molar-refractivity contribution in [1.29, 1.82) is 0 Å². The molecular formula is C10H14F3NO2. The van der Waals surface area contributed by atoms with Gasteiger partial charge < -0.3 is 4.42 Å². The summed E-state index contributed by atoms with van der Waals surface area (Å²) >= 11 is 0. The lowest BCUT2D eigenvalue weighted by Gasteiger charge is -2.14. The van der Waals surface area contributed by atoms with Gasteiger partial charge in [-0.2, -0.15) is 18.7 Å². The number of hydrogen-bond donors (Lipinski definition) is 1. The van der Waals surface area contributed by atoms with Gasteiger partial charge in [0.05, 0.1) is 6.26 Å². The molecule has 0 radical (unpaired) electrons. The maximum atomic E-state index is 11.7. The molecular weight excluding hydrogens is 223 g/mol. The fourth-order valence-corrected chi connectivity index (χ4v) is 1.14. The van der Waals surface area contributed by atoms with E-state index in [0.29, 0.717) is 12.8 Å². The quantitative estimate of drug-likeness (QED) is 0.772. The molecule has 1 aromatic heterocycles. The van der Waals surface area contributed by atoms with Crippen LogP contribution in [0.5, 0.6) is 0 Å². The number of hydrogen-bond acceptors (Lipinski definition) is 3. The van der Waals surface area contributed by atoms with E-state index in [4.69, 9.17) is 4.42 Å². The summed E-state index contributed by atoms with van der Waals surface area (Å²) in [6, 6.07) is 3.43. The summed E-state index contributed by atoms with van der Waals surface area (Å²) in [5.41, 5.74) is 2.34. The lowest BCUT2D eigenvalue weighted by Crippen LogP contribution is -2.31. The van der Waals surface area contributed by atoms with Crippen LogP contribution in [0.15, 0.2) is 22.8 Å². The molecule has 0 saturated heterocycles. The van der Waals surface area contributed by atoms with E-state index >= 15 is 0 Å². The van der Waals surface area contributed by atoms with Crippen molar-refractivity contribution in [2.75, 3.05) is 6.61 Å². The Morgan fingerprint density at radius 1 is 1.50 bits per heavy atom. The number of alkyl halides is 3. The summed E-state index contributed by atoms with van der Waals surface area (Å²) in [6.07, 6.45) is -1.43. The van der Waals surface area contributed by atoms with Gasteiger partial charge in [0.2, 0.25) is 0 Å². The minimum atomic E-state index is -4.30. The second-order valence-corrected chi connectivity index (χ2v) is 3.54. The predicted octanol–water partition coefficient (Wildman–Crippen LogP) is 2.68. The lowest BCUT2D eigenvalue weighted by atomic mass is 10.1. The first-order chi connectivity index (χ1) is 7.47. The van der Waals surface area contributed by atoms with Crippen LogP contribution >= 0.6 is 0 Å². The van der Waals surface area contributed by atoms with E-state index in [2.05, 4.69) is 10.3 Å². The van der Waals surface area contributed by atoms with Gasteiger partial charge in [-0.15, -0.1) is 0 Å². The van der Waals surface area contributed by atoms with Gasteiger partial charge in [-0.1, -0.05) is 0 Å². The Morgan fingerprint density at radius 3 is 2.81 bits per heavy atom. The van der Waals surface area contributed by atoms with Gasteiger partial charge in [-0.25, -0.2) is 0 Å². The van der Waals surface area contributed by atoms with Crippen molar-refractivity contribution in [2.24, 2.45) is 0 Å². The van der Waals surface area contributed by atoms with Gasteiger partial charge in [0.15, 0.2) is 6.61 Å². The Balaban J connectivity index is 2.09. The first-order valence-corrected chi connectivity index (χ1v) is 4.94. The molecule has 0 amide bonds. The highest BCUT2D eigenvalue weighted by atomic mass is 19.4. The molecule has 0 bridgehead atoms. The maximum Gasteiger partial charge on any atom is 0.413 e. The molecule has 0 spiro atoms. The Kier molecular flexibility index (Phi) is 4.82. The van der Waals surface area contributed by atoms with Gasteiger partial charge in [0, 0.05) is 12.5 Å². The molecule has 0 aliphatic rings. The maximum absolute atomic E-state index is 11.7. The first kappa shape index (κ1) is 13.1. The summed E-state index contributed by atoms with van der Waals surface area (Å²) in [4.78, 5) is 4.32. The number of halogens is 3. The summed E-state index contributed by atoms with van der Waals surface area (Å²) in [5.74, 6) is 0.810. The van der Waals surface area contributed by atoms with E-state index in [9.17, 15) is 13.2 Å². The van der Waals surface area contributed by atoms with Gasteiger partial charge in [0.25, 0.3) is 0 Å². The molecule has 3 nitrogen and oxygen atoms in total. The second-order valence-electron chi connectivity index (χ2n) is 3.54. The zero-order chi connectivity index (χ0) is 12.0. The SMILES string of the molecule is CC(CCc1ccco1)NOCC(F)(F)F. The van der Waals surface area contributed by atoms with Crippen LogP contribution in [0.2, 0.25) is 0 Å². The molecule has 1 heterocycles. The molecule has 0 fully saturated rings. The monoisotopic (exact) mass is 237 g/mol. The Bertz CT molecular complexity index is 285. The first-order valence-electron chi connectivity index (χ1n) is 4.94. The van der Waals surface area contributed by atoms with Crippen LogP contribution < -0.4 is 5.48 Å². The topological polar surface area (TPSA) is 34.4 Å². The molecule has 0 aromatic carbocycles. The molecule has 1 unspecified atom stereocenters. The van der Waals surface area contributed by atoms with E-state index in [1.807, 2.05) is 6.07 Å². The molecule has 1 aromatic rings. The van der Waals surface area contributed by atoms with Crippen molar-refractivity contribution >= 4 is 0 Å². The number of furan rings is 1. The summed E-state index contributed by atoms with van der Waals surface area (Å²) in [6.45, 7) is 0.470. The highest BCUT2D eigenvalue weighted by Crippen LogP contribution is 2.14. The predicted molar refractivity (Wildman–Crippen MR) is 51.6 cm³/mol. The molecule has 1 rings (SSSR count). The zero-order valence-corrected chi connectivity index (χ0v) is 8.88. The van der Waals surface area contributed by atoms with E-state index < -0.39 is 12.8 Å². The molecule has 0 aliphatic heterocycles. The summed E-state index contributed by atoms with van der Waals surface area (Å²) in [5, 5.41) is 0. The summed E-state index contributed by atoms with van der Waals surface area (Å²) < 4.78 is 40.3. The minimum absolute atomic E-state index is 0.160. The largest absolute Gasteiger partial charge is 0.469 e. The van der Waals surface area contributed by atoms with E-state index in [1.165, 1.54) is 0 Å². The number of rotatable bonds is 6. The average molecular weight is 237 g/mol. The molecule has 0 aliphatic carbocycles. The van der Waals surface area contributed by atoms with Crippen molar-refractivity contribution in [3.05, 3.63) is 24.2 Å². The molecule has 0 saturated carbocycles. The molecule has 6 heteroatoms. The average Bonchev–Trinajstić information content (AvgIpc) is 2.65. The van der Waals surface area contributed by atoms with Gasteiger partial charge >= 0.3 is 6.18 Å². The van der Waals surface area contributed by atoms with Crippen LogP contribution in [0.1, 0.15) is 19.1 Å². The van der Waals surface area contributed by atoms with Crippen LogP contribution in [-0.4, -0.2) is 18.8 Å². The van der Waals surface area contributed by atoms with Crippen molar-refractivity contribution in [1.82, 2.24) is 5.48 Å². The summed E-state index contributed by atoms with van der Waals surface area (Å²) in [7, 11) is 0. The Labute approximate surface area is 91.5 Å². The van der Waals surface area contributed by atoms with Crippen molar-refractivity contribution < 1.29 is 22.4 Å². The fraction of sp³-hybridized carbons (Fsp3) is 0.600. The number of nitrogens with one attached hydrogen (secondary N) is 1. The van der Waals surface area contributed by atoms with Crippen molar-refractivity contribution in [3.63, 3.8) is 0 Å². The highest BCUT2D eigenvalue weighted by Gasteiger charge is 2.27. The molecule has 1 atom stereocenters. The van der Waals surface area contributed by atoms with Gasteiger partial charge in [0.1, 0.15) is 5.76 Å². The zero-order valence-electron chi connectivity index (χ0n) is 8.88. The standard InChI is InChI=1S/C10H14F3NO2/c1-8(14-16-7-10(11,12)13)4-5-9-3-2-6-15-9/h2-3,6,8,14H,4-5,7H2,1H3. The van der Waals surface area contributed by atoms with E-state index in [1.54, 1.807) is 19.3 Å². The van der Waals surface area contributed by atoms with Crippen LogP contribution in [0.3, 0.4) is 0 Å². The molecule has 16 heavy (non-hydrogen) atoms. The number of aryl methyl sites for hydroxylation is 1. The number of hydroxylamine groups is 1. The highest BCUT2D eigenvalue weighted by molar-refractivity contribution is 4.98.